The van der Waals surface area contributed by atoms with E-state index in [1.807, 2.05) is 0 Å². The molecule has 1 aromatic carbocycles. The summed E-state index contributed by atoms with van der Waals surface area (Å²) < 4.78 is 77.9. The molecule has 21 heavy (non-hydrogen) atoms. The number of alkyl halides is 6. The van der Waals surface area contributed by atoms with Gasteiger partial charge in [-0.1, -0.05) is 30.3 Å². The standard InChI is InChI=1S/C12H10F6O3/c13-11(14,15)10(20,12(16,17)18)9(19)21-7-6-8-4-2-1-3-5-8/h1-5,20H,6-7H2. The summed E-state index contributed by atoms with van der Waals surface area (Å²) in [5.74, 6) is -2.79. The summed E-state index contributed by atoms with van der Waals surface area (Å²) in [6.07, 6.45) is -12.5. The summed E-state index contributed by atoms with van der Waals surface area (Å²) >= 11 is 0. The molecular weight excluding hydrogens is 306 g/mol. The van der Waals surface area contributed by atoms with E-state index in [9.17, 15) is 31.1 Å². The second-order valence-electron chi connectivity index (χ2n) is 4.08. The molecule has 1 aromatic rings. The number of aliphatic hydroxyl groups is 1. The lowest BCUT2D eigenvalue weighted by atomic mass is 10.0. The van der Waals surface area contributed by atoms with Gasteiger partial charge in [0.25, 0.3) is 0 Å². The molecule has 1 N–H and O–H groups in total. The fourth-order valence-corrected chi connectivity index (χ4v) is 1.40. The predicted octanol–water partition coefficient (Wildman–Crippen LogP) is 2.63. The summed E-state index contributed by atoms with van der Waals surface area (Å²) in [6.45, 7) is -0.725. The van der Waals surface area contributed by atoms with Crippen molar-refractivity contribution in [3.8, 4) is 0 Å². The Labute approximate surface area is 115 Å². The van der Waals surface area contributed by atoms with Crippen LogP contribution in [0.1, 0.15) is 5.56 Å². The van der Waals surface area contributed by atoms with E-state index < -0.39 is 30.5 Å². The van der Waals surface area contributed by atoms with Crippen molar-refractivity contribution in [2.75, 3.05) is 6.61 Å². The number of carbonyl (C=O) groups is 1. The lowest BCUT2D eigenvalue weighted by Crippen LogP contribution is -2.63. The van der Waals surface area contributed by atoms with E-state index in [1.165, 1.54) is 0 Å². The zero-order valence-electron chi connectivity index (χ0n) is 10.3. The number of benzene rings is 1. The molecule has 1 rings (SSSR count). The summed E-state index contributed by atoms with van der Waals surface area (Å²) in [4.78, 5) is 11.0. The molecule has 0 fully saturated rings. The first-order chi connectivity index (χ1) is 9.50. The highest BCUT2D eigenvalue weighted by molar-refractivity contribution is 5.81. The fraction of sp³-hybridized carbons (Fsp3) is 0.417. The van der Waals surface area contributed by atoms with Crippen molar-refractivity contribution >= 4 is 5.97 Å². The zero-order chi connectivity index (χ0) is 16.3. The molecule has 118 valence electrons. The Kier molecular flexibility index (Phi) is 4.87. The number of rotatable bonds is 4. The predicted molar refractivity (Wildman–Crippen MR) is 58.2 cm³/mol. The SMILES string of the molecule is O=C(OCCc1ccccc1)C(O)(C(F)(F)F)C(F)(F)F. The van der Waals surface area contributed by atoms with E-state index in [2.05, 4.69) is 4.74 Å². The summed E-state index contributed by atoms with van der Waals surface area (Å²) in [6, 6.07) is 7.94. The summed E-state index contributed by atoms with van der Waals surface area (Å²) in [5.41, 5.74) is -4.98. The van der Waals surface area contributed by atoms with Crippen molar-refractivity contribution in [2.45, 2.75) is 24.4 Å². The second-order valence-corrected chi connectivity index (χ2v) is 4.08. The van der Waals surface area contributed by atoms with Gasteiger partial charge in [0.05, 0.1) is 6.61 Å². The highest BCUT2D eigenvalue weighted by atomic mass is 19.4. The van der Waals surface area contributed by atoms with Crippen LogP contribution in [0.4, 0.5) is 26.3 Å². The number of esters is 1. The Hall–Kier alpha value is -1.77. The number of halogens is 6. The molecule has 0 radical (unpaired) electrons. The van der Waals surface area contributed by atoms with Crippen molar-refractivity contribution in [1.82, 2.24) is 0 Å². The highest BCUT2D eigenvalue weighted by Crippen LogP contribution is 2.43. The van der Waals surface area contributed by atoms with Gasteiger partial charge in [0.2, 0.25) is 0 Å². The van der Waals surface area contributed by atoms with Crippen molar-refractivity contribution in [1.29, 1.82) is 0 Å². The monoisotopic (exact) mass is 316 g/mol. The molecule has 0 saturated carbocycles. The van der Waals surface area contributed by atoms with Gasteiger partial charge in [-0.25, -0.2) is 4.79 Å². The summed E-state index contributed by atoms with van der Waals surface area (Å²) in [5, 5.41) is 8.73. The first-order valence-corrected chi connectivity index (χ1v) is 5.57. The van der Waals surface area contributed by atoms with Gasteiger partial charge in [-0.2, -0.15) is 26.3 Å². The van der Waals surface area contributed by atoms with Crippen LogP contribution in [0, 0.1) is 0 Å². The van der Waals surface area contributed by atoms with Gasteiger partial charge in [-0.3, -0.25) is 0 Å². The van der Waals surface area contributed by atoms with Gasteiger partial charge < -0.3 is 9.84 Å². The maximum absolute atomic E-state index is 12.3. The number of carbonyl (C=O) groups excluding carboxylic acids is 1. The largest absolute Gasteiger partial charge is 0.463 e. The van der Waals surface area contributed by atoms with Gasteiger partial charge in [-0.15, -0.1) is 0 Å². The Morgan fingerprint density at radius 3 is 1.90 bits per heavy atom. The topological polar surface area (TPSA) is 46.5 Å². The molecule has 0 unspecified atom stereocenters. The van der Waals surface area contributed by atoms with Gasteiger partial charge in [0.1, 0.15) is 0 Å². The highest BCUT2D eigenvalue weighted by Gasteiger charge is 2.76. The average Bonchev–Trinajstić information content (AvgIpc) is 2.36. The van der Waals surface area contributed by atoms with Crippen LogP contribution in [0.3, 0.4) is 0 Å². The summed E-state index contributed by atoms with van der Waals surface area (Å²) in [7, 11) is 0. The van der Waals surface area contributed by atoms with Crippen molar-refractivity contribution in [2.24, 2.45) is 0 Å². The lowest BCUT2D eigenvalue weighted by molar-refractivity contribution is -0.356. The number of ether oxygens (including phenoxy) is 1. The average molecular weight is 316 g/mol. The lowest BCUT2D eigenvalue weighted by Gasteiger charge is -2.29. The normalized spacial score (nSPS) is 13.1. The molecule has 0 heterocycles. The van der Waals surface area contributed by atoms with Crippen LogP contribution in [-0.2, 0) is 16.0 Å². The van der Waals surface area contributed by atoms with Crippen molar-refractivity contribution in [3.05, 3.63) is 35.9 Å². The smallest absolute Gasteiger partial charge is 0.437 e. The van der Waals surface area contributed by atoms with Crippen molar-refractivity contribution in [3.63, 3.8) is 0 Å². The first-order valence-electron chi connectivity index (χ1n) is 5.57. The minimum absolute atomic E-state index is 0.0849. The Bertz CT molecular complexity index is 466. The molecule has 0 spiro atoms. The van der Waals surface area contributed by atoms with E-state index in [-0.39, 0.29) is 6.42 Å². The molecule has 0 bridgehead atoms. The maximum Gasteiger partial charge on any atom is 0.437 e. The molecule has 0 aliphatic carbocycles. The molecule has 0 atom stereocenters. The van der Waals surface area contributed by atoms with Gasteiger partial charge in [0, 0.05) is 6.42 Å². The zero-order valence-corrected chi connectivity index (χ0v) is 10.3. The van der Waals surface area contributed by atoms with Crippen LogP contribution >= 0.6 is 0 Å². The molecular formula is C12H10F6O3. The molecule has 0 aliphatic heterocycles. The van der Waals surface area contributed by atoms with Gasteiger partial charge in [0.15, 0.2) is 0 Å². The number of hydrogen-bond donors (Lipinski definition) is 1. The van der Waals surface area contributed by atoms with Crippen LogP contribution in [0.5, 0.6) is 0 Å². The van der Waals surface area contributed by atoms with Crippen LogP contribution in [0.15, 0.2) is 30.3 Å². The Morgan fingerprint density at radius 1 is 1.00 bits per heavy atom. The molecule has 0 saturated heterocycles. The van der Waals surface area contributed by atoms with E-state index in [0.717, 1.165) is 0 Å². The van der Waals surface area contributed by atoms with Crippen LogP contribution in [-0.4, -0.2) is 35.6 Å². The second kappa shape index (κ2) is 5.92. The third-order valence-corrected chi connectivity index (χ3v) is 2.58. The molecule has 0 aromatic heterocycles. The quantitative estimate of drug-likeness (QED) is 0.686. The maximum atomic E-state index is 12.3. The van der Waals surface area contributed by atoms with Crippen LogP contribution < -0.4 is 0 Å². The van der Waals surface area contributed by atoms with Gasteiger partial charge >= 0.3 is 23.9 Å². The molecule has 9 heteroatoms. The first kappa shape index (κ1) is 17.3. The molecule has 0 aliphatic rings. The number of hydrogen-bond acceptors (Lipinski definition) is 3. The molecule has 0 amide bonds. The minimum Gasteiger partial charge on any atom is -0.463 e. The Morgan fingerprint density at radius 2 is 1.48 bits per heavy atom. The fourth-order valence-electron chi connectivity index (χ4n) is 1.40. The van der Waals surface area contributed by atoms with E-state index in [0.29, 0.717) is 5.56 Å². The van der Waals surface area contributed by atoms with Gasteiger partial charge in [-0.05, 0) is 5.56 Å². The van der Waals surface area contributed by atoms with Crippen LogP contribution in [0.25, 0.3) is 0 Å². The Balaban J connectivity index is 2.76. The third kappa shape index (κ3) is 3.66. The molecule has 3 nitrogen and oxygen atoms in total. The third-order valence-electron chi connectivity index (χ3n) is 2.58. The van der Waals surface area contributed by atoms with E-state index in [4.69, 9.17) is 5.11 Å². The minimum atomic E-state index is -6.23. The van der Waals surface area contributed by atoms with E-state index in [1.54, 1.807) is 30.3 Å². The van der Waals surface area contributed by atoms with Crippen LogP contribution in [0.2, 0.25) is 0 Å². The van der Waals surface area contributed by atoms with E-state index >= 15 is 0 Å². The van der Waals surface area contributed by atoms with Crippen molar-refractivity contribution < 1.29 is 41.0 Å².